The maximum absolute atomic E-state index is 13.6. The molecule has 3 aromatic rings. The number of thiophene rings is 1. The predicted octanol–water partition coefficient (Wildman–Crippen LogP) is 6.55. The zero-order valence-corrected chi connectivity index (χ0v) is 22.7. The molecule has 2 atom stereocenters. The van der Waals surface area contributed by atoms with Crippen LogP contribution in [0.4, 0.5) is 0 Å². The fraction of sp³-hybridized carbons (Fsp3) is 0.414. The first-order valence-corrected chi connectivity index (χ1v) is 15.1. The molecule has 1 saturated carbocycles. The van der Waals surface area contributed by atoms with Crippen LogP contribution in [0.25, 0.3) is 0 Å². The molecule has 2 heterocycles. The second kappa shape index (κ2) is 10.1. The third-order valence-corrected chi connectivity index (χ3v) is 10.4. The standard InChI is InChI=1S/C29H33NO4S2/c1-4-23-18-30(36(32,33)28-9-7-6-8-25(28)34-23)17-22-16-21(11-10-19(22)3)24(5-2)26-14-15-27(35-26)29(31)20-12-13-20/h6-11,14-16,20,23-24H,4-5,12-13,17-18H2,1-3H3/t23-,24?/m1/s1. The number of nitrogens with zero attached hydrogens (tertiary/aromatic N) is 1. The molecule has 0 N–H and O–H groups in total. The molecule has 7 heteroatoms. The molecule has 36 heavy (non-hydrogen) atoms. The van der Waals surface area contributed by atoms with Gasteiger partial charge in [-0.3, -0.25) is 4.79 Å². The molecular weight excluding hydrogens is 490 g/mol. The van der Waals surface area contributed by atoms with Crippen molar-refractivity contribution in [1.29, 1.82) is 0 Å². The first-order chi connectivity index (χ1) is 17.3. The average Bonchev–Trinajstić information content (AvgIpc) is 3.63. The van der Waals surface area contributed by atoms with Crippen LogP contribution in [0.15, 0.2) is 59.5 Å². The van der Waals surface area contributed by atoms with Crippen molar-refractivity contribution < 1.29 is 17.9 Å². The first-order valence-electron chi connectivity index (χ1n) is 12.8. The maximum Gasteiger partial charge on any atom is 0.247 e. The summed E-state index contributed by atoms with van der Waals surface area (Å²) in [5, 5.41) is 0. The van der Waals surface area contributed by atoms with Gasteiger partial charge in [-0.05, 0) is 73.6 Å². The molecule has 0 radical (unpaired) electrons. The van der Waals surface area contributed by atoms with Gasteiger partial charge in [0, 0.05) is 23.3 Å². The molecule has 1 aromatic heterocycles. The summed E-state index contributed by atoms with van der Waals surface area (Å²) in [7, 11) is -3.70. The van der Waals surface area contributed by atoms with E-state index in [2.05, 4.69) is 31.2 Å². The van der Waals surface area contributed by atoms with E-state index < -0.39 is 10.0 Å². The van der Waals surface area contributed by atoms with Crippen molar-refractivity contribution in [2.75, 3.05) is 6.54 Å². The number of fused-ring (bicyclic) bond motifs is 1. The van der Waals surface area contributed by atoms with Crippen LogP contribution in [0.3, 0.4) is 0 Å². The number of rotatable bonds is 8. The molecule has 0 saturated heterocycles. The molecule has 2 aliphatic rings. The molecule has 0 bridgehead atoms. The van der Waals surface area contributed by atoms with Crippen LogP contribution in [-0.2, 0) is 16.6 Å². The van der Waals surface area contributed by atoms with E-state index >= 15 is 0 Å². The summed E-state index contributed by atoms with van der Waals surface area (Å²) in [6.07, 6.45) is 3.44. The average molecular weight is 524 g/mol. The molecule has 5 rings (SSSR count). The lowest BCUT2D eigenvalue weighted by molar-refractivity contribution is 0.0971. The van der Waals surface area contributed by atoms with Crippen molar-refractivity contribution in [3.05, 3.63) is 81.0 Å². The molecular formula is C29H33NO4S2. The summed E-state index contributed by atoms with van der Waals surface area (Å²) in [4.78, 5) is 14.8. The van der Waals surface area contributed by atoms with Gasteiger partial charge >= 0.3 is 0 Å². The lowest BCUT2D eigenvalue weighted by Gasteiger charge is -2.24. The van der Waals surface area contributed by atoms with Gasteiger partial charge in [0.15, 0.2) is 5.78 Å². The van der Waals surface area contributed by atoms with Crippen molar-refractivity contribution >= 4 is 27.1 Å². The number of para-hydroxylation sites is 1. The predicted molar refractivity (Wildman–Crippen MR) is 143 cm³/mol. The number of Topliss-reactive ketones (excluding diaryl/α,β-unsaturated/α-hetero) is 1. The molecule has 1 aliphatic carbocycles. The largest absolute Gasteiger partial charge is 0.488 e. The van der Waals surface area contributed by atoms with Crippen LogP contribution in [0.2, 0.25) is 0 Å². The van der Waals surface area contributed by atoms with Gasteiger partial charge in [-0.25, -0.2) is 8.42 Å². The Morgan fingerprint density at radius 1 is 1.11 bits per heavy atom. The highest BCUT2D eigenvalue weighted by atomic mass is 32.2. The van der Waals surface area contributed by atoms with Gasteiger partial charge in [-0.15, -0.1) is 11.3 Å². The van der Waals surface area contributed by atoms with Gasteiger partial charge in [-0.1, -0.05) is 44.2 Å². The molecule has 1 unspecified atom stereocenters. The third kappa shape index (κ3) is 4.89. The summed E-state index contributed by atoms with van der Waals surface area (Å²) in [5.74, 6) is 1.10. The molecule has 1 fully saturated rings. The smallest absolute Gasteiger partial charge is 0.247 e. The fourth-order valence-electron chi connectivity index (χ4n) is 4.89. The highest BCUT2D eigenvalue weighted by Crippen LogP contribution is 2.39. The summed E-state index contributed by atoms with van der Waals surface area (Å²) >= 11 is 1.61. The van der Waals surface area contributed by atoms with Crippen molar-refractivity contribution in [1.82, 2.24) is 4.31 Å². The van der Waals surface area contributed by atoms with E-state index in [1.54, 1.807) is 33.8 Å². The highest BCUT2D eigenvalue weighted by molar-refractivity contribution is 7.89. The number of benzene rings is 2. The second-order valence-corrected chi connectivity index (χ2v) is 12.9. The summed E-state index contributed by atoms with van der Waals surface area (Å²) in [6, 6.07) is 17.4. The van der Waals surface area contributed by atoms with Crippen molar-refractivity contribution in [2.45, 2.75) is 69.9 Å². The highest BCUT2D eigenvalue weighted by Gasteiger charge is 2.35. The SMILES string of the molecule is CCC(c1ccc(C)c(CN2C[C@@H](CC)Oc3ccccc3S2(=O)=O)c1)c1ccc(C(=O)C2CC2)s1. The Morgan fingerprint density at radius 2 is 1.89 bits per heavy atom. The number of sulfonamides is 1. The van der Waals surface area contributed by atoms with E-state index in [1.807, 2.05) is 26.0 Å². The minimum Gasteiger partial charge on any atom is -0.488 e. The quantitative estimate of drug-likeness (QED) is 0.314. The number of carbonyl (C=O) groups excluding carboxylic acids is 1. The van der Waals surface area contributed by atoms with Gasteiger partial charge < -0.3 is 4.74 Å². The maximum atomic E-state index is 13.6. The molecule has 190 valence electrons. The van der Waals surface area contributed by atoms with Crippen LogP contribution >= 0.6 is 11.3 Å². The number of aryl methyl sites for hydroxylation is 1. The van der Waals surface area contributed by atoms with Gasteiger partial charge in [0.25, 0.3) is 0 Å². The van der Waals surface area contributed by atoms with Crippen LogP contribution in [0, 0.1) is 12.8 Å². The number of ether oxygens (including phenoxy) is 1. The Balaban J connectivity index is 1.45. The van der Waals surface area contributed by atoms with Crippen LogP contribution in [0.1, 0.15) is 76.7 Å². The Kier molecular flexibility index (Phi) is 7.07. The van der Waals surface area contributed by atoms with Gasteiger partial charge in [0.05, 0.1) is 11.4 Å². The number of carbonyl (C=O) groups is 1. The zero-order chi connectivity index (χ0) is 25.4. The van der Waals surface area contributed by atoms with Crippen LogP contribution in [0.5, 0.6) is 5.75 Å². The number of ketones is 1. The lowest BCUT2D eigenvalue weighted by atomic mass is 9.92. The Labute approximate surface area is 218 Å². The molecule has 5 nitrogen and oxygen atoms in total. The molecule has 1 aliphatic heterocycles. The van der Waals surface area contributed by atoms with Gasteiger partial charge in [-0.2, -0.15) is 4.31 Å². The van der Waals surface area contributed by atoms with Gasteiger partial charge in [0.2, 0.25) is 10.0 Å². The Hall–Kier alpha value is -2.48. The van der Waals surface area contributed by atoms with E-state index in [9.17, 15) is 13.2 Å². The molecule has 0 amide bonds. The zero-order valence-electron chi connectivity index (χ0n) is 21.1. The van der Waals surface area contributed by atoms with Gasteiger partial charge in [0.1, 0.15) is 16.7 Å². The van der Waals surface area contributed by atoms with Crippen molar-refractivity contribution in [2.24, 2.45) is 5.92 Å². The number of hydrogen-bond acceptors (Lipinski definition) is 5. The lowest BCUT2D eigenvalue weighted by Crippen LogP contribution is -2.36. The van der Waals surface area contributed by atoms with Crippen molar-refractivity contribution in [3.63, 3.8) is 0 Å². The second-order valence-electron chi connectivity index (χ2n) is 9.88. The van der Waals surface area contributed by atoms with Crippen LogP contribution in [-0.4, -0.2) is 31.2 Å². The number of hydrogen-bond donors (Lipinski definition) is 0. The van der Waals surface area contributed by atoms with E-state index in [0.717, 1.165) is 47.3 Å². The van der Waals surface area contributed by atoms with E-state index in [0.29, 0.717) is 18.8 Å². The Morgan fingerprint density at radius 3 is 2.61 bits per heavy atom. The van der Waals surface area contributed by atoms with Crippen LogP contribution < -0.4 is 4.74 Å². The topological polar surface area (TPSA) is 63.7 Å². The van der Waals surface area contributed by atoms with E-state index in [1.165, 1.54) is 4.88 Å². The summed E-state index contributed by atoms with van der Waals surface area (Å²) in [6.45, 7) is 6.81. The minimum absolute atomic E-state index is 0.170. The summed E-state index contributed by atoms with van der Waals surface area (Å²) < 4.78 is 34.9. The summed E-state index contributed by atoms with van der Waals surface area (Å²) in [5.41, 5.74) is 3.21. The normalized spacial score (nSPS) is 20.2. The van der Waals surface area contributed by atoms with Crippen molar-refractivity contribution in [3.8, 4) is 5.75 Å². The molecule has 2 aromatic carbocycles. The third-order valence-electron chi connectivity index (χ3n) is 7.31. The molecule has 0 spiro atoms. The minimum atomic E-state index is -3.70. The first kappa shape index (κ1) is 25.2. The van der Waals surface area contributed by atoms with E-state index in [-0.39, 0.29) is 28.6 Å². The Bertz CT molecular complexity index is 1370. The van der Waals surface area contributed by atoms with E-state index in [4.69, 9.17) is 4.74 Å². The monoisotopic (exact) mass is 523 g/mol. The fourth-order valence-corrected chi connectivity index (χ4v) is 7.70.